The van der Waals surface area contributed by atoms with Crippen LogP contribution in [0, 0.1) is 24.5 Å². The van der Waals surface area contributed by atoms with Crippen LogP contribution in [0.1, 0.15) is 18.2 Å². The van der Waals surface area contributed by atoms with Gasteiger partial charge in [-0.1, -0.05) is 6.08 Å². The molecule has 0 fully saturated rings. The van der Waals surface area contributed by atoms with Gasteiger partial charge in [0.2, 0.25) is 5.95 Å². The first kappa shape index (κ1) is 9.77. The molecule has 1 aromatic heterocycles. The zero-order valence-electron chi connectivity index (χ0n) is 7.24. The number of hydrogen-bond donors (Lipinski definition) is 0. The van der Waals surface area contributed by atoms with Crippen molar-refractivity contribution in [3.05, 3.63) is 34.9 Å². The largest absolute Gasteiger partial charge is 0.249 e. The molecule has 1 heterocycles. The van der Waals surface area contributed by atoms with Gasteiger partial charge in [0.25, 0.3) is 0 Å². The summed E-state index contributed by atoms with van der Waals surface area (Å²) in [6, 6.07) is 0. The highest BCUT2D eigenvalue weighted by Crippen LogP contribution is 2.16. The third kappa shape index (κ3) is 1.71. The molecule has 0 spiro atoms. The van der Waals surface area contributed by atoms with E-state index in [1.54, 1.807) is 6.92 Å². The predicted molar refractivity (Wildman–Crippen MR) is 43.6 cm³/mol. The van der Waals surface area contributed by atoms with Crippen molar-refractivity contribution in [3.8, 4) is 0 Å². The molecule has 0 aliphatic rings. The Balaban J connectivity index is 3.40. The second-order valence-corrected chi connectivity index (χ2v) is 2.54. The van der Waals surface area contributed by atoms with E-state index in [4.69, 9.17) is 0 Å². The molecule has 0 N–H and O–H groups in total. The molecule has 13 heavy (non-hydrogen) atoms. The smallest absolute Gasteiger partial charge is 0.215 e. The summed E-state index contributed by atoms with van der Waals surface area (Å²) in [5.41, 5.74) is -0.528. The fourth-order valence-electron chi connectivity index (χ4n) is 0.915. The van der Waals surface area contributed by atoms with Crippen LogP contribution in [0.25, 0.3) is 6.08 Å². The van der Waals surface area contributed by atoms with Gasteiger partial charge in [-0.25, -0.2) is 13.8 Å². The monoisotopic (exact) mass is 187 g/mol. The van der Waals surface area contributed by atoms with E-state index in [1.165, 1.54) is 19.1 Å². The fraction of sp³-hybridized carbons (Fsp3) is 0.222. The lowest BCUT2D eigenvalue weighted by Crippen LogP contribution is -2.01. The van der Waals surface area contributed by atoms with Crippen molar-refractivity contribution in [2.75, 3.05) is 0 Å². The van der Waals surface area contributed by atoms with Gasteiger partial charge in [0.1, 0.15) is 5.69 Å². The van der Waals surface area contributed by atoms with Crippen molar-refractivity contribution in [1.29, 1.82) is 0 Å². The number of aromatic nitrogens is 1. The molecule has 1 nitrogen and oxygen atoms in total. The highest BCUT2D eigenvalue weighted by molar-refractivity contribution is 5.46. The topological polar surface area (TPSA) is 12.9 Å². The van der Waals surface area contributed by atoms with E-state index in [0.29, 0.717) is 0 Å². The van der Waals surface area contributed by atoms with E-state index in [-0.39, 0.29) is 11.3 Å². The van der Waals surface area contributed by atoms with E-state index >= 15 is 0 Å². The molecule has 1 rings (SSSR count). The molecule has 0 amide bonds. The lowest BCUT2D eigenvalue weighted by atomic mass is 10.2. The van der Waals surface area contributed by atoms with Crippen LogP contribution >= 0.6 is 0 Å². The summed E-state index contributed by atoms with van der Waals surface area (Å²) in [5.74, 6) is -3.32. The van der Waals surface area contributed by atoms with Crippen molar-refractivity contribution >= 4 is 6.08 Å². The van der Waals surface area contributed by atoms with Crippen molar-refractivity contribution in [2.45, 2.75) is 13.8 Å². The lowest BCUT2D eigenvalue weighted by molar-refractivity contribution is 0.455. The first-order valence-corrected chi connectivity index (χ1v) is 3.71. The fourth-order valence-corrected chi connectivity index (χ4v) is 0.915. The summed E-state index contributed by atoms with van der Waals surface area (Å²) < 4.78 is 38.5. The third-order valence-electron chi connectivity index (χ3n) is 1.61. The number of hydrogen-bond acceptors (Lipinski definition) is 1. The second kappa shape index (κ2) is 3.60. The van der Waals surface area contributed by atoms with Crippen molar-refractivity contribution in [2.24, 2.45) is 0 Å². The van der Waals surface area contributed by atoms with Crippen LogP contribution in [0.15, 0.2) is 6.08 Å². The first-order chi connectivity index (χ1) is 6.07. The molecule has 0 bridgehead atoms. The molecule has 0 atom stereocenters. The van der Waals surface area contributed by atoms with Gasteiger partial charge >= 0.3 is 0 Å². The summed E-state index contributed by atoms with van der Waals surface area (Å²) in [5, 5.41) is 0. The average Bonchev–Trinajstić information content (AvgIpc) is 2.11. The van der Waals surface area contributed by atoms with Crippen LogP contribution in [0.4, 0.5) is 13.2 Å². The summed E-state index contributed by atoms with van der Waals surface area (Å²) >= 11 is 0. The molecular weight excluding hydrogens is 179 g/mol. The van der Waals surface area contributed by atoms with Crippen molar-refractivity contribution in [3.63, 3.8) is 0 Å². The van der Waals surface area contributed by atoms with Gasteiger partial charge in [0, 0.05) is 5.56 Å². The van der Waals surface area contributed by atoms with Crippen LogP contribution in [0.3, 0.4) is 0 Å². The first-order valence-electron chi connectivity index (χ1n) is 3.71. The SMILES string of the molecule is CC=Cc1nc(F)c(F)c(C)c1F. The number of rotatable bonds is 1. The number of halogens is 3. The summed E-state index contributed by atoms with van der Waals surface area (Å²) in [6.07, 6.45) is 2.78. The number of pyridine rings is 1. The van der Waals surface area contributed by atoms with Crippen LogP contribution in [0.5, 0.6) is 0 Å². The van der Waals surface area contributed by atoms with Crippen LogP contribution in [0.2, 0.25) is 0 Å². The minimum atomic E-state index is -1.27. The van der Waals surface area contributed by atoms with E-state index in [9.17, 15) is 13.2 Å². The summed E-state index contributed by atoms with van der Waals surface area (Å²) in [4.78, 5) is 3.12. The predicted octanol–water partition coefficient (Wildman–Crippen LogP) is 2.84. The minimum absolute atomic E-state index is 0.182. The standard InChI is InChI=1S/C9H8F3N/c1-3-4-6-7(10)5(2)8(11)9(12)13-6/h3-4H,1-2H3. The Morgan fingerprint density at radius 1 is 1.15 bits per heavy atom. The molecule has 0 radical (unpaired) electrons. The lowest BCUT2D eigenvalue weighted by Gasteiger charge is -2.02. The van der Waals surface area contributed by atoms with Crippen molar-refractivity contribution < 1.29 is 13.2 Å². The Hall–Kier alpha value is -1.32. The maximum atomic E-state index is 13.1. The van der Waals surface area contributed by atoms with Gasteiger partial charge < -0.3 is 0 Å². The Morgan fingerprint density at radius 2 is 1.77 bits per heavy atom. The van der Waals surface area contributed by atoms with E-state index in [0.717, 1.165) is 0 Å². The Morgan fingerprint density at radius 3 is 2.31 bits per heavy atom. The second-order valence-electron chi connectivity index (χ2n) is 2.54. The highest BCUT2D eigenvalue weighted by atomic mass is 19.2. The molecule has 1 aromatic rings. The van der Waals surface area contributed by atoms with Crippen LogP contribution < -0.4 is 0 Å². The van der Waals surface area contributed by atoms with Gasteiger partial charge in [-0.05, 0) is 19.9 Å². The third-order valence-corrected chi connectivity index (χ3v) is 1.61. The average molecular weight is 187 g/mol. The Bertz CT molecular complexity index is 358. The van der Waals surface area contributed by atoms with E-state index in [2.05, 4.69) is 4.98 Å². The van der Waals surface area contributed by atoms with Crippen molar-refractivity contribution in [1.82, 2.24) is 4.98 Å². The molecule has 70 valence electrons. The number of allylic oxidation sites excluding steroid dienone is 1. The van der Waals surface area contributed by atoms with Gasteiger partial charge in [0.15, 0.2) is 11.6 Å². The van der Waals surface area contributed by atoms with E-state index in [1.807, 2.05) is 0 Å². The van der Waals surface area contributed by atoms with Crippen LogP contribution in [-0.2, 0) is 0 Å². The molecule has 0 aromatic carbocycles. The van der Waals surface area contributed by atoms with Crippen LogP contribution in [-0.4, -0.2) is 4.98 Å². The van der Waals surface area contributed by atoms with Gasteiger partial charge in [-0.2, -0.15) is 4.39 Å². The van der Waals surface area contributed by atoms with Gasteiger partial charge in [-0.15, -0.1) is 0 Å². The quantitative estimate of drug-likeness (QED) is 0.616. The minimum Gasteiger partial charge on any atom is -0.215 e. The zero-order valence-corrected chi connectivity index (χ0v) is 7.24. The zero-order chi connectivity index (χ0) is 10.0. The van der Waals surface area contributed by atoms with E-state index < -0.39 is 17.6 Å². The maximum absolute atomic E-state index is 13.1. The molecule has 0 unspecified atom stereocenters. The Labute approximate surface area is 73.9 Å². The van der Waals surface area contributed by atoms with Gasteiger partial charge in [-0.3, -0.25) is 0 Å². The summed E-state index contributed by atoms with van der Waals surface area (Å²) in [6.45, 7) is 2.81. The molecule has 0 aliphatic carbocycles. The molecule has 0 saturated heterocycles. The Kier molecular flexibility index (Phi) is 2.70. The normalized spacial score (nSPS) is 11.2. The molecule has 4 heteroatoms. The maximum Gasteiger partial charge on any atom is 0.249 e. The summed E-state index contributed by atoms with van der Waals surface area (Å²) in [7, 11) is 0. The number of nitrogens with zero attached hydrogens (tertiary/aromatic N) is 1. The molecular formula is C9H8F3N. The van der Waals surface area contributed by atoms with Gasteiger partial charge in [0.05, 0.1) is 0 Å². The molecule has 0 saturated carbocycles. The highest BCUT2D eigenvalue weighted by Gasteiger charge is 2.14. The molecule has 0 aliphatic heterocycles.